The molecule has 1 fully saturated rings. The zero-order valence-corrected chi connectivity index (χ0v) is 19.7. The van der Waals surface area contributed by atoms with Gasteiger partial charge in [0.25, 0.3) is 5.91 Å². The van der Waals surface area contributed by atoms with Gasteiger partial charge in [-0.05, 0) is 49.6 Å². The average Bonchev–Trinajstić information content (AvgIpc) is 3.32. The number of amides is 1. The van der Waals surface area contributed by atoms with Crippen molar-refractivity contribution >= 4 is 63.4 Å². The van der Waals surface area contributed by atoms with E-state index < -0.39 is 0 Å². The number of piperidine rings is 1. The molecule has 1 amide bonds. The molecule has 0 unspecified atom stereocenters. The Hall–Kier alpha value is -1.31. The monoisotopic (exact) mass is 484 g/mol. The van der Waals surface area contributed by atoms with Crippen LogP contribution in [0.5, 0.6) is 0 Å². The number of benzene rings is 1. The van der Waals surface area contributed by atoms with Crippen molar-refractivity contribution in [2.45, 2.75) is 38.6 Å². The van der Waals surface area contributed by atoms with Crippen molar-refractivity contribution in [1.29, 1.82) is 0 Å². The number of carbonyl (C=O) groups is 1. The van der Waals surface area contributed by atoms with E-state index in [2.05, 4.69) is 12.3 Å². The molecule has 2 aliphatic rings. The largest absolute Gasteiger partial charge is 0.284 e. The van der Waals surface area contributed by atoms with Gasteiger partial charge < -0.3 is 0 Å². The smallest absolute Gasteiger partial charge is 0.282 e. The molecular formula is C21H23Cl3N4OS. The number of halogens is 3. The minimum absolute atomic E-state index is 0.0868. The quantitative estimate of drug-likeness (QED) is 0.551. The molecule has 3 heterocycles. The van der Waals surface area contributed by atoms with E-state index in [1.165, 1.54) is 17.8 Å². The summed E-state index contributed by atoms with van der Waals surface area (Å²) in [5.74, 6) is -0.236. The molecule has 5 nitrogen and oxygen atoms in total. The van der Waals surface area contributed by atoms with E-state index in [0.29, 0.717) is 20.1 Å². The van der Waals surface area contributed by atoms with E-state index in [1.807, 2.05) is 28.2 Å². The first-order chi connectivity index (χ1) is 14.5. The lowest BCUT2D eigenvalue weighted by molar-refractivity contribution is -0.120. The molecule has 0 aliphatic carbocycles. The van der Waals surface area contributed by atoms with Crippen LogP contribution in [0.25, 0.3) is 0 Å². The Labute approximate surface area is 195 Å². The first kappa shape index (κ1) is 21.9. The number of anilines is 1. The van der Waals surface area contributed by atoms with Crippen molar-refractivity contribution in [2.75, 3.05) is 18.1 Å². The summed E-state index contributed by atoms with van der Waals surface area (Å²) >= 11 is 20.4. The Bertz CT molecular complexity index is 957. The molecule has 30 heavy (non-hydrogen) atoms. The third-order valence-corrected chi connectivity index (χ3v) is 7.38. The molecule has 1 aromatic carbocycles. The third-order valence-electron chi connectivity index (χ3n) is 5.54. The Kier molecular flexibility index (Phi) is 6.90. The summed E-state index contributed by atoms with van der Waals surface area (Å²) in [6.45, 7) is 3.81. The summed E-state index contributed by atoms with van der Waals surface area (Å²) < 4.78 is 0.702. The van der Waals surface area contributed by atoms with E-state index in [-0.39, 0.29) is 17.9 Å². The van der Waals surface area contributed by atoms with E-state index in [4.69, 9.17) is 39.9 Å². The first-order valence-corrected chi connectivity index (χ1v) is 12.1. The lowest BCUT2D eigenvalue weighted by Gasteiger charge is -2.28. The van der Waals surface area contributed by atoms with Crippen LogP contribution in [0.2, 0.25) is 14.4 Å². The van der Waals surface area contributed by atoms with E-state index >= 15 is 0 Å². The summed E-state index contributed by atoms with van der Waals surface area (Å²) in [6, 6.07) is 9.03. The lowest BCUT2D eigenvalue weighted by atomic mass is 9.91. The van der Waals surface area contributed by atoms with Crippen LogP contribution in [0.4, 0.5) is 5.69 Å². The van der Waals surface area contributed by atoms with Crippen LogP contribution in [0.1, 0.15) is 43.5 Å². The van der Waals surface area contributed by atoms with Crippen LogP contribution in [-0.2, 0) is 4.79 Å². The van der Waals surface area contributed by atoms with Crippen LogP contribution in [0, 0.1) is 5.92 Å². The molecule has 2 aliphatic heterocycles. The Morgan fingerprint density at radius 2 is 1.93 bits per heavy atom. The summed E-state index contributed by atoms with van der Waals surface area (Å²) in [7, 11) is 0. The normalized spacial score (nSPS) is 22.3. The van der Waals surface area contributed by atoms with Crippen molar-refractivity contribution in [3.05, 3.63) is 49.6 Å². The highest BCUT2D eigenvalue weighted by atomic mass is 35.5. The molecule has 4 rings (SSSR count). The third kappa shape index (κ3) is 4.48. The van der Waals surface area contributed by atoms with Gasteiger partial charge in [-0.3, -0.25) is 15.2 Å². The second kappa shape index (κ2) is 9.45. The van der Waals surface area contributed by atoms with Gasteiger partial charge in [0.2, 0.25) is 0 Å². The maximum atomic E-state index is 13.2. The van der Waals surface area contributed by atoms with Crippen LogP contribution < -0.4 is 10.4 Å². The maximum Gasteiger partial charge on any atom is 0.282 e. The summed E-state index contributed by atoms with van der Waals surface area (Å²) in [4.78, 5) is 14.2. The van der Waals surface area contributed by atoms with Gasteiger partial charge in [-0.2, -0.15) is 5.10 Å². The SMILES string of the molecule is CC[C@H]1C(C(=O)NN2CCCCC2)=NN(c2ccc(Cl)cc2Cl)[C@H]1c1ccc(Cl)s1. The van der Waals surface area contributed by atoms with Gasteiger partial charge in [0.05, 0.1) is 21.1 Å². The van der Waals surface area contributed by atoms with Gasteiger partial charge in [-0.25, -0.2) is 5.01 Å². The Morgan fingerprint density at radius 1 is 1.17 bits per heavy atom. The number of thiophene rings is 1. The van der Waals surface area contributed by atoms with Crippen LogP contribution in [0.3, 0.4) is 0 Å². The van der Waals surface area contributed by atoms with Crippen molar-refractivity contribution in [2.24, 2.45) is 11.0 Å². The molecule has 0 spiro atoms. The molecule has 1 saturated heterocycles. The number of hydrazone groups is 1. The number of rotatable bonds is 5. The molecule has 2 atom stereocenters. The molecule has 1 N–H and O–H groups in total. The van der Waals surface area contributed by atoms with Crippen molar-refractivity contribution < 1.29 is 4.79 Å². The highest BCUT2D eigenvalue weighted by molar-refractivity contribution is 7.16. The van der Waals surface area contributed by atoms with Crippen molar-refractivity contribution in [3.8, 4) is 0 Å². The molecule has 0 saturated carbocycles. The van der Waals surface area contributed by atoms with Gasteiger partial charge >= 0.3 is 0 Å². The Balaban J connectivity index is 1.70. The minimum Gasteiger partial charge on any atom is -0.284 e. The van der Waals surface area contributed by atoms with Gasteiger partial charge in [-0.1, -0.05) is 48.1 Å². The molecule has 9 heteroatoms. The minimum atomic E-state index is -0.159. The van der Waals surface area contributed by atoms with Gasteiger partial charge in [0, 0.05) is 28.9 Å². The zero-order valence-electron chi connectivity index (χ0n) is 16.6. The summed E-state index contributed by atoms with van der Waals surface area (Å²) in [5, 5.41) is 9.67. The molecule has 2 aromatic rings. The molecule has 0 bridgehead atoms. The number of carbonyl (C=O) groups excluding carboxylic acids is 1. The highest BCUT2D eigenvalue weighted by Gasteiger charge is 2.42. The number of hydrogen-bond donors (Lipinski definition) is 1. The fourth-order valence-electron chi connectivity index (χ4n) is 4.09. The van der Waals surface area contributed by atoms with Gasteiger partial charge in [0.1, 0.15) is 5.71 Å². The first-order valence-electron chi connectivity index (χ1n) is 10.1. The number of nitrogens with one attached hydrogen (secondary N) is 1. The van der Waals surface area contributed by atoms with Crippen LogP contribution in [-0.4, -0.2) is 29.7 Å². The van der Waals surface area contributed by atoms with Crippen molar-refractivity contribution in [3.63, 3.8) is 0 Å². The van der Waals surface area contributed by atoms with Gasteiger partial charge in [-0.15, -0.1) is 11.3 Å². The summed E-state index contributed by atoms with van der Waals surface area (Å²) in [6.07, 6.45) is 4.14. The summed E-state index contributed by atoms with van der Waals surface area (Å²) in [5.41, 5.74) is 4.29. The number of nitrogens with zero attached hydrogens (tertiary/aromatic N) is 3. The topological polar surface area (TPSA) is 47.9 Å². The van der Waals surface area contributed by atoms with E-state index in [0.717, 1.165) is 42.9 Å². The average molecular weight is 486 g/mol. The van der Waals surface area contributed by atoms with Gasteiger partial charge in [0.15, 0.2) is 0 Å². The number of hydrogen-bond acceptors (Lipinski definition) is 5. The van der Waals surface area contributed by atoms with E-state index in [1.54, 1.807) is 12.1 Å². The molecule has 160 valence electrons. The zero-order chi connectivity index (χ0) is 21.3. The second-order valence-electron chi connectivity index (χ2n) is 7.52. The highest BCUT2D eigenvalue weighted by Crippen LogP contribution is 2.45. The van der Waals surface area contributed by atoms with Crippen LogP contribution in [0.15, 0.2) is 35.4 Å². The molecule has 1 aromatic heterocycles. The predicted molar refractivity (Wildman–Crippen MR) is 126 cm³/mol. The fourth-order valence-corrected chi connectivity index (χ4v) is 5.79. The molecule has 0 radical (unpaired) electrons. The van der Waals surface area contributed by atoms with E-state index in [9.17, 15) is 4.79 Å². The maximum absolute atomic E-state index is 13.2. The standard InChI is InChI=1S/C21H23Cl3N4OS/c1-2-14-19(21(29)26-27-10-4-3-5-11-27)25-28(16-7-6-13(22)12-15(16)23)20(14)17-8-9-18(24)30-17/h6-9,12,14,20H,2-5,10-11H2,1H3,(H,26,29)/t14-,20+/m0/s1. The fraction of sp³-hybridized carbons (Fsp3) is 0.429. The lowest BCUT2D eigenvalue weighted by Crippen LogP contribution is -2.48. The Morgan fingerprint density at radius 3 is 2.57 bits per heavy atom. The predicted octanol–water partition coefficient (Wildman–Crippen LogP) is 6.17. The van der Waals surface area contributed by atoms with Crippen LogP contribution >= 0.6 is 46.1 Å². The molecular weight excluding hydrogens is 463 g/mol. The second-order valence-corrected chi connectivity index (χ2v) is 10.1. The number of hydrazine groups is 1. The van der Waals surface area contributed by atoms with Crippen molar-refractivity contribution in [1.82, 2.24) is 10.4 Å².